The normalized spacial score (nSPS) is 11.6. The molecular formula is C18H32N2O6. The number of nitrogens with one attached hydrogen (secondary N) is 1. The van der Waals surface area contributed by atoms with Crippen molar-refractivity contribution in [1.29, 1.82) is 0 Å². The Morgan fingerprint density at radius 3 is 2.12 bits per heavy atom. The van der Waals surface area contributed by atoms with Gasteiger partial charge < -0.3 is 20.4 Å². The first kappa shape index (κ1) is 23.9. The number of unbranched alkanes of at least 4 members (excludes halogenated alkanes) is 1. The molecule has 3 N–H and O–H groups in total. The SMILES string of the molecule is CCC(CCCCC(=O)N(CC)CC(=O)O)CCCC(=O)NCC(=O)O. The van der Waals surface area contributed by atoms with Crippen LogP contribution in [0, 0.1) is 5.92 Å². The van der Waals surface area contributed by atoms with Gasteiger partial charge in [-0.15, -0.1) is 0 Å². The van der Waals surface area contributed by atoms with Gasteiger partial charge in [0.2, 0.25) is 11.8 Å². The van der Waals surface area contributed by atoms with Crippen molar-refractivity contribution < 1.29 is 29.4 Å². The van der Waals surface area contributed by atoms with Crippen LogP contribution < -0.4 is 5.32 Å². The highest BCUT2D eigenvalue weighted by atomic mass is 16.4. The summed E-state index contributed by atoms with van der Waals surface area (Å²) >= 11 is 0. The maximum absolute atomic E-state index is 12.0. The van der Waals surface area contributed by atoms with Gasteiger partial charge in [0.25, 0.3) is 0 Å². The summed E-state index contributed by atoms with van der Waals surface area (Å²) in [6.07, 6.45) is 5.86. The molecule has 0 saturated heterocycles. The fraction of sp³-hybridized carbons (Fsp3) is 0.778. The zero-order chi connectivity index (χ0) is 19.9. The molecule has 0 spiro atoms. The number of carbonyl (C=O) groups excluding carboxylic acids is 2. The quantitative estimate of drug-likeness (QED) is 0.377. The van der Waals surface area contributed by atoms with E-state index in [9.17, 15) is 19.2 Å². The third kappa shape index (κ3) is 12.3. The Labute approximate surface area is 154 Å². The molecule has 0 aliphatic heterocycles. The third-order valence-corrected chi connectivity index (χ3v) is 4.34. The lowest BCUT2D eigenvalue weighted by Gasteiger charge is -2.19. The molecule has 8 heteroatoms. The van der Waals surface area contributed by atoms with Gasteiger partial charge in [0, 0.05) is 19.4 Å². The van der Waals surface area contributed by atoms with Gasteiger partial charge in [-0.2, -0.15) is 0 Å². The molecule has 26 heavy (non-hydrogen) atoms. The fourth-order valence-corrected chi connectivity index (χ4v) is 2.77. The Morgan fingerprint density at radius 1 is 0.923 bits per heavy atom. The number of likely N-dealkylation sites (N-methyl/N-ethyl adjacent to an activating group) is 1. The Balaban J connectivity index is 3.94. The van der Waals surface area contributed by atoms with Crippen LogP contribution in [0.3, 0.4) is 0 Å². The number of carboxylic acid groups (broad SMARTS) is 2. The van der Waals surface area contributed by atoms with E-state index >= 15 is 0 Å². The van der Waals surface area contributed by atoms with E-state index in [-0.39, 0.29) is 24.9 Å². The van der Waals surface area contributed by atoms with Crippen LogP contribution in [-0.4, -0.2) is 58.5 Å². The Morgan fingerprint density at radius 2 is 1.58 bits per heavy atom. The number of carboxylic acids is 2. The number of aliphatic carboxylic acids is 2. The molecule has 2 amide bonds. The molecule has 0 heterocycles. The minimum absolute atomic E-state index is 0.127. The van der Waals surface area contributed by atoms with Gasteiger partial charge in [0.05, 0.1) is 0 Å². The zero-order valence-electron chi connectivity index (χ0n) is 15.8. The summed E-state index contributed by atoms with van der Waals surface area (Å²) in [5, 5.41) is 19.6. The van der Waals surface area contributed by atoms with Crippen molar-refractivity contribution in [2.75, 3.05) is 19.6 Å². The molecule has 0 rings (SSSR count). The van der Waals surface area contributed by atoms with E-state index in [1.165, 1.54) is 4.90 Å². The molecule has 0 aliphatic carbocycles. The van der Waals surface area contributed by atoms with Crippen molar-refractivity contribution in [2.45, 2.75) is 65.2 Å². The highest BCUT2D eigenvalue weighted by Crippen LogP contribution is 2.20. The number of hydrogen-bond donors (Lipinski definition) is 3. The standard InChI is InChI=1S/C18H32N2O6/c1-3-14(9-7-10-15(21)19-12-17(23)24)8-5-6-11-16(22)20(4-2)13-18(25)26/h14H,3-13H2,1-2H3,(H,19,21)(H,23,24)(H,25,26). The fourth-order valence-electron chi connectivity index (χ4n) is 2.77. The van der Waals surface area contributed by atoms with Crippen molar-refractivity contribution in [1.82, 2.24) is 10.2 Å². The van der Waals surface area contributed by atoms with Gasteiger partial charge >= 0.3 is 11.9 Å². The first-order valence-electron chi connectivity index (χ1n) is 9.28. The lowest BCUT2D eigenvalue weighted by Crippen LogP contribution is -2.35. The van der Waals surface area contributed by atoms with Crippen LogP contribution in [0.5, 0.6) is 0 Å². The van der Waals surface area contributed by atoms with Crippen LogP contribution in [-0.2, 0) is 19.2 Å². The summed E-state index contributed by atoms with van der Waals surface area (Å²) in [5.74, 6) is -1.95. The van der Waals surface area contributed by atoms with E-state index in [2.05, 4.69) is 12.2 Å². The molecule has 0 bridgehead atoms. The van der Waals surface area contributed by atoms with Crippen LogP contribution in [0.4, 0.5) is 0 Å². The molecule has 8 nitrogen and oxygen atoms in total. The van der Waals surface area contributed by atoms with Gasteiger partial charge in [0.1, 0.15) is 13.1 Å². The molecule has 0 radical (unpaired) electrons. The molecule has 0 aromatic carbocycles. The second-order valence-electron chi connectivity index (χ2n) is 6.38. The van der Waals surface area contributed by atoms with E-state index in [1.54, 1.807) is 6.92 Å². The molecule has 150 valence electrons. The van der Waals surface area contributed by atoms with Crippen LogP contribution in [0.25, 0.3) is 0 Å². The smallest absolute Gasteiger partial charge is 0.323 e. The third-order valence-electron chi connectivity index (χ3n) is 4.34. The average molecular weight is 372 g/mol. The molecule has 0 fully saturated rings. The highest BCUT2D eigenvalue weighted by Gasteiger charge is 2.15. The van der Waals surface area contributed by atoms with Gasteiger partial charge in [-0.05, 0) is 32.1 Å². The maximum Gasteiger partial charge on any atom is 0.323 e. The number of nitrogens with zero attached hydrogens (tertiary/aromatic N) is 1. The molecule has 0 saturated carbocycles. The number of hydrogen-bond acceptors (Lipinski definition) is 4. The topological polar surface area (TPSA) is 124 Å². The van der Waals surface area contributed by atoms with Gasteiger partial charge in [-0.3, -0.25) is 19.2 Å². The molecule has 1 unspecified atom stereocenters. The molecule has 0 aliphatic rings. The van der Waals surface area contributed by atoms with Crippen LogP contribution >= 0.6 is 0 Å². The molecule has 0 aromatic rings. The molecule has 1 atom stereocenters. The van der Waals surface area contributed by atoms with Crippen molar-refractivity contribution in [3.05, 3.63) is 0 Å². The average Bonchev–Trinajstić information content (AvgIpc) is 2.59. The summed E-state index contributed by atoms with van der Waals surface area (Å²) in [5.41, 5.74) is 0. The second kappa shape index (κ2) is 14.1. The Bertz CT molecular complexity index is 467. The largest absolute Gasteiger partial charge is 0.480 e. The first-order valence-corrected chi connectivity index (χ1v) is 9.28. The Hall–Kier alpha value is -2.12. The monoisotopic (exact) mass is 372 g/mol. The highest BCUT2D eigenvalue weighted by molar-refractivity contribution is 5.81. The summed E-state index contributed by atoms with van der Waals surface area (Å²) < 4.78 is 0. The minimum atomic E-state index is -1.05. The van der Waals surface area contributed by atoms with Crippen molar-refractivity contribution in [3.8, 4) is 0 Å². The number of carbonyl (C=O) groups is 4. The second-order valence-corrected chi connectivity index (χ2v) is 6.38. The van der Waals surface area contributed by atoms with Crippen molar-refractivity contribution >= 4 is 23.8 Å². The zero-order valence-corrected chi connectivity index (χ0v) is 15.8. The molecule has 0 aromatic heterocycles. The van der Waals surface area contributed by atoms with E-state index in [4.69, 9.17) is 10.2 Å². The summed E-state index contributed by atoms with van der Waals surface area (Å²) in [4.78, 5) is 45.8. The summed E-state index contributed by atoms with van der Waals surface area (Å²) in [6, 6.07) is 0. The van der Waals surface area contributed by atoms with Gasteiger partial charge in [-0.25, -0.2) is 0 Å². The Kier molecular flexibility index (Phi) is 12.9. The van der Waals surface area contributed by atoms with Crippen LogP contribution in [0.15, 0.2) is 0 Å². The lowest BCUT2D eigenvalue weighted by atomic mass is 9.93. The number of amides is 2. The summed E-state index contributed by atoms with van der Waals surface area (Å²) in [6.45, 7) is 3.65. The predicted molar refractivity (Wildman–Crippen MR) is 96.6 cm³/mol. The van der Waals surface area contributed by atoms with Crippen molar-refractivity contribution in [2.24, 2.45) is 5.92 Å². The number of rotatable bonds is 15. The molecular weight excluding hydrogens is 340 g/mol. The van der Waals surface area contributed by atoms with E-state index in [0.29, 0.717) is 31.7 Å². The van der Waals surface area contributed by atoms with E-state index in [1.807, 2.05) is 0 Å². The van der Waals surface area contributed by atoms with Crippen LogP contribution in [0.1, 0.15) is 65.2 Å². The van der Waals surface area contributed by atoms with Gasteiger partial charge in [-0.1, -0.05) is 26.2 Å². The van der Waals surface area contributed by atoms with E-state index in [0.717, 1.165) is 32.1 Å². The predicted octanol–water partition coefficient (Wildman–Crippen LogP) is 1.88. The lowest BCUT2D eigenvalue weighted by molar-refractivity contribution is -0.144. The summed E-state index contributed by atoms with van der Waals surface area (Å²) in [7, 11) is 0. The van der Waals surface area contributed by atoms with Crippen molar-refractivity contribution in [3.63, 3.8) is 0 Å². The first-order chi connectivity index (χ1) is 12.3. The van der Waals surface area contributed by atoms with E-state index < -0.39 is 11.9 Å². The minimum Gasteiger partial charge on any atom is -0.480 e. The van der Waals surface area contributed by atoms with Gasteiger partial charge in [0.15, 0.2) is 0 Å². The van der Waals surface area contributed by atoms with Crippen LogP contribution in [0.2, 0.25) is 0 Å². The maximum atomic E-state index is 12.0.